The zero-order valence-electron chi connectivity index (χ0n) is 31.6. The number of carbonyl (C=O) groups is 4. The second-order valence-electron chi connectivity index (χ2n) is 16.4. The smallest absolute Gasteiger partial charge is 0.259 e. The van der Waals surface area contributed by atoms with Crippen LogP contribution in [0.1, 0.15) is 78.6 Å². The summed E-state index contributed by atoms with van der Waals surface area (Å²) in [5.41, 5.74) is -0.104. The molecular formula is C40H46N6O8S2. The Bertz CT molecular complexity index is 2330. The Balaban J connectivity index is 1.15. The number of nitrogens with one attached hydrogen (secondary N) is 3. The molecule has 56 heavy (non-hydrogen) atoms. The summed E-state index contributed by atoms with van der Waals surface area (Å²) in [4.78, 5) is 67.1. The Labute approximate surface area is 328 Å². The molecule has 5 heterocycles. The Morgan fingerprint density at radius 3 is 2.66 bits per heavy atom. The van der Waals surface area contributed by atoms with Crippen LogP contribution in [0.4, 0.5) is 0 Å². The summed E-state index contributed by atoms with van der Waals surface area (Å²) in [5.74, 6) is -2.18. The van der Waals surface area contributed by atoms with E-state index in [1.54, 1.807) is 33.0 Å². The number of hydrogen-bond acceptors (Lipinski definition) is 11. The highest BCUT2D eigenvalue weighted by Gasteiger charge is 2.62. The number of sulfonamides is 1. The molecule has 8 rings (SSSR count). The maximum atomic E-state index is 14.7. The number of furan rings is 1. The normalized spacial score (nSPS) is 26.2. The van der Waals surface area contributed by atoms with Gasteiger partial charge in [-0.25, -0.2) is 18.4 Å². The molecule has 1 saturated heterocycles. The number of allylic oxidation sites excluding steroid dienone is 1. The number of aromatic nitrogens is 2. The van der Waals surface area contributed by atoms with Crippen LogP contribution in [0.5, 0.6) is 5.75 Å². The summed E-state index contributed by atoms with van der Waals surface area (Å²) >= 11 is 1.42. The SMILES string of the molecule is CC(C)(C)C(=O)N[C@H]1CCCCCC=C[C@@H]2C[C@@]2(C(=O)NS(=O)(=O)C2CC2)NC(=O)[C@@H]2C[C@@H](Oc3cc(-c4nccs4)nc4c3oc3ccccc34)CN2C1=O. The van der Waals surface area contributed by atoms with Crippen LogP contribution in [0.2, 0.25) is 0 Å². The fraction of sp³-hybridized carbons (Fsp3) is 0.500. The van der Waals surface area contributed by atoms with Crippen molar-refractivity contribution in [3.63, 3.8) is 0 Å². The minimum atomic E-state index is -3.90. The van der Waals surface area contributed by atoms with Gasteiger partial charge in [-0.2, -0.15) is 0 Å². The molecule has 0 unspecified atom stereocenters. The quantitative estimate of drug-likeness (QED) is 0.215. The lowest BCUT2D eigenvalue weighted by Crippen LogP contribution is -2.58. The lowest BCUT2D eigenvalue weighted by Gasteiger charge is -2.31. The van der Waals surface area contributed by atoms with Crippen molar-refractivity contribution in [2.24, 2.45) is 11.3 Å². The Kier molecular flexibility index (Phi) is 9.92. The third-order valence-electron chi connectivity index (χ3n) is 11.1. The molecule has 5 atom stereocenters. The lowest BCUT2D eigenvalue weighted by atomic mass is 9.94. The van der Waals surface area contributed by atoms with Crippen molar-refractivity contribution in [1.29, 1.82) is 0 Å². The van der Waals surface area contributed by atoms with Crippen LogP contribution in [-0.4, -0.2) is 82.4 Å². The Hall–Kier alpha value is -4.83. The van der Waals surface area contributed by atoms with Crippen molar-refractivity contribution in [3.05, 3.63) is 54.1 Å². The molecule has 0 radical (unpaired) electrons. The number of thiazole rings is 1. The molecule has 1 aromatic carbocycles. The zero-order valence-corrected chi connectivity index (χ0v) is 33.2. The molecule has 0 spiro atoms. The van der Waals surface area contributed by atoms with Crippen molar-refractivity contribution in [2.75, 3.05) is 6.54 Å². The van der Waals surface area contributed by atoms with Crippen LogP contribution >= 0.6 is 11.3 Å². The monoisotopic (exact) mass is 802 g/mol. The third-order valence-corrected chi connectivity index (χ3v) is 13.7. The van der Waals surface area contributed by atoms with E-state index in [9.17, 15) is 27.6 Å². The first-order valence-electron chi connectivity index (χ1n) is 19.3. The summed E-state index contributed by atoms with van der Waals surface area (Å²) in [7, 11) is -3.90. The van der Waals surface area contributed by atoms with E-state index in [-0.39, 0.29) is 25.3 Å². The zero-order chi connectivity index (χ0) is 39.4. The van der Waals surface area contributed by atoms with E-state index in [1.807, 2.05) is 41.8 Å². The van der Waals surface area contributed by atoms with Gasteiger partial charge < -0.3 is 24.7 Å². The number of benzene rings is 1. The van der Waals surface area contributed by atoms with Crippen molar-refractivity contribution in [3.8, 4) is 16.5 Å². The number of para-hydroxylation sites is 1. The number of ether oxygens (including phenoxy) is 1. The molecule has 0 bridgehead atoms. The molecule has 2 aliphatic carbocycles. The number of amides is 4. The molecule has 2 saturated carbocycles. The molecular weight excluding hydrogens is 757 g/mol. The van der Waals surface area contributed by atoms with Gasteiger partial charge in [0, 0.05) is 40.8 Å². The largest absolute Gasteiger partial charge is 0.484 e. The summed E-state index contributed by atoms with van der Waals surface area (Å²) in [6.07, 6.45) is 9.37. The number of rotatable bonds is 7. The first-order chi connectivity index (χ1) is 26.7. The van der Waals surface area contributed by atoms with E-state index in [0.29, 0.717) is 65.2 Å². The van der Waals surface area contributed by atoms with Crippen molar-refractivity contribution < 1.29 is 36.7 Å². The molecule has 16 heteroatoms. The Morgan fingerprint density at radius 2 is 1.91 bits per heavy atom. The van der Waals surface area contributed by atoms with Crippen molar-refractivity contribution in [1.82, 2.24) is 30.2 Å². The Morgan fingerprint density at radius 1 is 1.11 bits per heavy atom. The van der Waals surface area contributed by atoms with Gasteiger partial charge in [-0.1, -0.05) is 57.9 Å². The van der Waals surface area contributed by atoms with E-state index < -0.39 is 68.1 Å². The number of fused-ring (bicyclic) bond motifs is 5. The fourth-order valence-corrected chi connectivity index (χ4v) is 9.56. The lowest BCUT2D eigenvalue weighted by molar-refractivity contribution is -0.143. The van der Waals surface area contributed by atoms with Crippen LogP contribution in [0.25, 0.3) is 32.8 Å². The fourth-order valence-electron chi connectivity index (χ4n) is 7.60. The molecule has 296 valence electrons. The van der Waals surface area contributed by atoms with Gasteiger partial charge in [-0.15, -0.1) is 11.3 Å². The number of pyridine rings is 1. The van der Waals surface area contributed by atoms with Crippen LogP contribution in [0.15, 0.2) is 58.5 Å². The first-order valence-corrected chi connectivity index (χ1v) is 21.7. The van der Waals surface area contributed by atoms with Crippen LogP contribution in [-0.2, 0) is 29.2 Å². The molecule has 3 aromatic heterocycles. The first kappa shape index (κ1) is 38.1. The van der Waals surface area contributed by atoms with Crippen molar-refractivity contribution >= 4 is 67.1 Å². The van der Waals surface area contributed by atoms with Gasteiger partial charge in [0.15, 0.2) is 11.3 Å². The maximum absolute atomic E-state index is 14.7. The van der Waals surface area contributed by atoms with Gasteiger partial charge in [-0.3, -0.25) is 23.9 Å². The highest BCUT2D eigenvalue weighted by atomic mass is 32.2. The second kappa shape index (κ2) is 14.6. The van der Waals surface area contributed by atoms with E-state index in [1.165, 1.54) is 16.2 Å². The van der Waals surface area contributed by atoms with Gasteiger partial charge in [0.25, 0.3) is 5.91 Å². The number of carbonyl (C=O) groups excluding carboxylic acids is 4. The highest BCUT2D eigenvalue weighted by Crippen LogP contribution is 2.46. The van der Waals surface area contributed by atoms with E-state index >= 15 is 0 Å². The number of nitrogens with zero attached hydrogens (tertiary/aromatic N) is 3. The number of hydrogen-bond donors (Lipinski definition) is 3. The summed E-state index contributed by atoms with van der Waals surface area (Å²) in [6.45, 7) is 5.31. The van der Waals surface area contributed by atoms with Gasteiger partial charge in [0.2, 0.25) is 27.7 Å². The minimum Gasteiger partial charge on any atom is -0.484 e. The highest BCUT2D eigenvalue weighted by molar-refractivity contribution is 7.91. The van der Waals surface area contributed by atoms with Crippen LogP contribution in [0.3, 0.4) is 0 Å². The third kappa shape index (κ3) is 7.52. The van der Waals surface area contributed by atoms with Crippen LogP contribution in [0, 0.1) is 11.3 Å². The predicted molar refractivity (Wildman–Crippen MR) is 210 cm³/mol. The molecule has 3 fully saturated rings. The van der Waals surface area contributed by atoms with E-state index in [2.05, 4.69) is 20.3 Å². The van der Waals surface area contributed by atoms with Gasteiger partial charge >= 0.3 is 0 Å². The summed E-state index contributed by atoms with van der Waals surface area (Å²) in [6, 6.07) is 7.24. The predicted octanol–water partition coefficient (Wildman–Crippen LogP) is 4.99. The summed E-state index contributed by atoms with van der Waals surface area (Å²) < 4.78 is 41.0. The average molecular weight is 803 g/mol. The summed E-state index contributed by atoms with van der Waals surface area (Å²) in [5, 5.41) is 8.56. The van der Waals surface area contributed by atoms with Gasteiger partial charge in [0.05, 0.1) is 11.8 Å². The maximum Gasteiger partial charge on any atom is 0.259 e. The topological polar surface area (TPSA) is 190 Å². The van der Waals surface area contributed by atoms with Crippen LogP contribution < -0.4 is 20.1 Å². The average Bonchev–Trinajstić information content (AvgIpc) is 3.95. The molecule has 4 aromatic rings. The van der Waals surface area contributed by atoms with Gasteiger partial charge in [0.1, 0.15) is 45.5 Å². The molecule has 4 aliphatic rings. The minimum absolute atomic E-state index is 0.00593. The van der Waals surface area contributed by atoms with Gasteiger partial charge in [-0.05, 0) is 50.7 Å². The standard InChI is InChI=1S/C40H46N6O8S2/c1-39(2,3)37(49)43-27-13-8-6-4-5-7-11-23-21-40(23,38(50)45-56(51,52)25-15-16-25)44-34(47)29-19-24(22-46(29)36(27)48)53-31-20-28(35-41-17-18-55-35)42-32-26-12-9-10-14-30(26)54-33(31)32/h7,9-12,14,17-18,20,23-25,27,29H,4-6,8,13,15-16,19,21-22H2,1-3H3,(H,43,49)(H,44,47)(H,45,50)/t23-,24-,27+,29+,40-/m1/s1. The molecule has 14 nitrogen and oxygen atoms in total. The molecule has 4 amide bonds. The van der Waals surface area contributed by atoms with E-state index in [4.69, 9.17) is 14.1 Å². The second-order valence-corrected chi connectivity index (χ2v) is 19.2. The van der Waals surface area contributed by atoms with E-state index in [0.717, 1.165) is 18.2 Å². The molecule has 3 N–H and O–H groups in total. The molecule has 2 aliphatic heterocycles. The van der Waals surface area contributed by atoms with Crippen molar-refractivity contribution in [2.45, 2.75) is 108 Å².